The largest absolute Gasteiger partial charge is 0.443 e. The first kappa shape index (κ1) is 18.3. The Labute approximate surface area is 163 Å². The standard InChI is InChI=1S/C21H22N2O5/c24-19-12-17-11-18(19)23(21(26)28-14-16-9-5-2-6-10-16)22(17)20(25)27-13-15-7-3-1-4-8-15/h1-10,17-19,24H,11-14H2/t17-,18+,19+/m0/s1. The molecule has 2 bridgehead atoms. The van der Waals surface area contributed by atoms with Gasteiger partial charge < -0.3 is 14.6 Å². The first-order valence-electron chi connectivity index (χ1n) is 9.31. The van der Waals surface area contributed by atoms with Gasteiger partial charge >= 0.3 is 12.2 Å². The lowest BCUT2D eigenvalue weighted by atomic mass is 10.2. The molecular formula is C21H22N2O5. The Morgan fingerprint density at radius 1 is 0.821 bits per heavy atom. The average Bonchev–Trinajstić information content (AvgIpc) is 3.29. The van der Waals surface area contributed by atoms with Crippen LogP contribution in [0.25, 0.3) is 0 Å². The SMILES string of the molecule is O=C(OCc1ccccc1)N1[C@@H]2C[C@@H](O)[C@@H](C2)N1C(=O)OCc1ccccc1. The number of hydrogen-bond acceptors (Lipinski definition) is 5. The molecule has 2 fully saturated rings. The molecule has 1 aliphatic carbocycles. The third-order valence-corrected chi connectivity index (χ3v) is 5.15. The first-order valence-corrected chi connectivity index (χ1v) is 9.31. The molecule has 146 valence electrons. The molecule has 0 radical (unpaired) electrons. The van der Waals surface area contributed by atoms with Gasteiger partial charge in [0.1, 0.15) is 13.2 Å². The van der Waals surface area contributed by atoms with E-state index in [9.17, 15) is 14.7 Å². The molecule has 28 heavy (non-hydrogen) atoms. The summed E-state index contributed by atoms with van der Waals surface area (Å²) in [5.41, 5.74) is 1.71. The van der Waals surface area contributed by atoms with Gasteiger partial charge in [0, 0.05) is 0 Å². The van der Waals surface area contributed by atoms with Crippen molar-refractivity contribution >= 4 is 12.2 Å². The Bertz CT molecular complexity index is 829. The highest BCUT2D eigenvalue weighted by molar-refractivity contribution is 5.76. The molecule has 7 nitrogen and oxygen atoms in total. The third-order valence-electron chi connectivity index (χ3n) is 5.15. The average molecular weight is 382 g/mol. The van der Waals surface area contributed by atoms with E-state index >= 15 is 0 Å². The van der Waals surface area contributed by atoms with E-state index in [1.165, 1.54) is 10.0 Å². The lowest BCUT2D eigenvalue weighted by Gasteiger charge is -2.38. The molecule has 1 saturated heterocycles. The van der Waals surface area contributed by atoms with Crippen LogP contribution in [0.3, 0.4) is 0 Å². The van der Waals surface area contributed by atoms with Gasteiger partial charge in [-0.05, 0) is 24.0 Å². The summed E-state index contributed by atoms with van der Waals surface area (Å²) >= 11 is 0. The molecule has 0 unspecified atom stereocenters. The van der Waals surface area contributed by atoms with Crippen molar-refractivity contribution in [2.45, 2.75) is 44.2 Å². The van der Waals surface area contributed by atoms with Crippen LogP contribution in [-0.2, 0) is 22.7 Å². The van der Waals surface area contributed by atoms with Crippen LogP contribution < -0.4 is 0 Å². The molecule has 1 N–H and O–H groups in total. The van der Waals surface area contributed by atoms with Gasteiger partial charge in [-0.3, -0.25) is 0 Å². The molecule has 1 saturated carbocycles. The summed E-state index contributed by atoms with van der Waals surface area (Å²) in [7, 11) is 0. The topological polar surface area (TPSA) is 79.3 Å². The number of fused-ring (bicyclic) bond motifs is 2. The Hall–Kier alpha value is -3.06. The van der Waals surface area contributed by atoms with Crippen molar-refractivity contribution < 1.29 is 24.2 Å². The van der Waals surface area contributed by atoms with Gasteiger partial charge in [0.25, 0.3) is 0 Å². The lowest BCUT2D eigenvalue weighted by Crippen LogP contribution is -2.57. The van der Waals surface area contributed by atoms with Crippen LogP contribution in [0.2, 0.25) is 0 Å². The second-order valence-electron chi connectivity index (χ2n) is 7.03. The molecule has 1 aliphatic heterocycles. The molecule has 2 aromatic carbocycles. The van der Waals surface area contributed by atoms with Crippen LogP contribution in [0, 0.1) is 0 Å². The summed E-state index contributed by atoms with van der Waals surface area (Å²) in [6.07, 6.45) is -1.01. The fraction of sp³-hybridized carbons (Fsp3) is 0.333. The van der Waals surface area contributed by atoms with Crippen molar-refractivity contribution in [3.05, 3.63) is 71.8 Å². The van der Waals surface area contributed by atoms with Crippen LogP contribution in [-0.4, -0.2) is 45.5 Å². The smallest absolute Gasteiger partial charge is 0.429 e. The minimum Gasteiger partial charge on any atom is -0.443 e. The quantitative estimate of drug-likeness (QED) is 0.879. The first-order chi connectivity index (χ1) is 13.6. The Morgan fingerprint density at radius 3 is 1.86 bits per heavy atom. The van der Waals surface area contributed by atoms with Crippen LogP contribution in [0.5, 0.6) is 0 Å². The molecular weight excluding hydrogens is 360 g/mol. The lowest BCUT2D eigenvalue weighted by molar-refractivity contribution is -0.0767. The number of amides is 2. The Balaban J connectivity index is 1.42. The van der Waals surface area contributed by atoms with Crippen LogP contribution >= 0.6 is 0 Å². The van der Waals surface area contributed by atoms with E-state index in [-0.39, 0.29) is 19.3 Å². The number of carbonyl (C=O) groups is 2. The normalized spacial score (nSPS) is 23.0. The molecule has 7 heteroatoms. The molecule has 0 spiro atoms. The van der Waals surface area contributed by atoms with Crippen LogP contribution in [0.1, 0.15) is 24.0 Å². The van der Waals surface area contributed by atoms with Crippen molar-refractivity contribution in [2.75, 3.05) is 0 Å². The number of carbonyl (C=O) groups excluding carboxylic acids is 2. The minimum absolute atomic E-state index is 0.0938. The van der Waals surface area contributed by atoms with Crippen molar-refractivity contribution in [2.24, 2.45) is 0 Å². The summed E-state index contributed by atoms with van der Waals surface area (Å²) in [5.74, 6) is 0. The number of rotatable bonds is 4. The van der Waals surface area contributed by atoms with Gasteiger partial charge in [-0.15, -0.1) is 0 Å². The molecule has 2 aromatic rings. The number of nitrogens with zero attached hydrogens (tertiary/aromatic N) is 2. The predicted molar refractivity (Wildman–Crippen MR) is 99.7 cm³/mol. The van der Waals surface area contributed by atoms with E-state index in [4.69, 9.17) is 9.47 Å². The highest BCUT2D eigenvalue weighted by Crippen LogP contribution is 2.39. The maximum Gasteiger partial charge on any atom is 0.429 e. The summed E-state index contributed by atoms with van der Waals surface area (Å²) in [6.45, 7) is 0.208. The van der Waals surface area contributed by atoms with Gasteiger partial charge in [-0.25, -0.2) is 19.6 Å². The van der Waals surface area contributed by atoms with Crippen molar-refractivity contribution in [3.8, 4) is 0 Å². The zero-order valence-electron chi connectivity index (χ0n) is 15.3. The molecule has 0 aromatic heterocycles. The highest BCUT2D eigenvalue weighted by atomic mass is 16.6. The van der Waals surface area contributed by atoms with Gasteiger partial charge in [0.05, 0.1) is 18.2 Å². The van der Waals surface area contributed by atoms with E-state index < -0.39 is 24.3 Å². The Kier molecular flexibility index (Phi) is 5.16. The van der Waals surface area contributed by atoms with Gasteiger partial charge in [-0.1, -0.05) is 60.7 Å². The van der Waals surface area contributed by atoms with Gasteiger partial charge in [-0.2, -0.15) is 0 Å². The fourth-order valence-electron chi connectivity index (χ4n) is 3.80. The second-order valence-corrected chi connectivity index (χ2v) is 7.03. The van der Waals surface area contributed by atoms with Crippen LogP contribution in [0.15, 0.2) is 60.7 Å². The number of aliphatic hydroxyl groups is 1. The number of aliphatic hydroxyl groups excluding tert-OH is 1. The van der Waals surface area contributed by atoms with E-state index in [0.29, 0.717) is 12.8 Å². The summed E-state index contributed by atoms with van der Waals surface area (Å²) < 4.78 is 10.8. The minimum atomic E-state index is -0.674. The van der Waals surface area contributed by atoms with Crippen molar-refractivity contribution in [3.63, 3.8) is 0 Å². The van der Waals surface area contributed by atoms with Crippen molar-refractivity contribution in [1.29, 1.82) is 0 Å². The molecule has 4 rings (SSSR count). The number of hydrogen-bond donors (Lipinski definition) is 1. The van der Waals surface area contributed by atoms with E-state index in [1.807, 2.05) is 60.7 Å². The maximum absolute atomic E-state index is 12.7. The zero-order valence-corrected chi connectivity index (χ0v) is 15.3. The Morgan fingerprint density at radius 2 is 1.32 bits per heavy atom. The van der Waals surface area contributed by atoms with E-state index in [0.717, 1.165) is 11.1 Å². The van der Waals surface area contributed by atoms with Gasteiger partial charge in [0.15, 0.2) is 0 Å². The predicted octanol–water partition coefficient (Wildman–Crippen LogP) is 3.08. The zero-order chi connectivity index (χ0) is 19.5. The van der Waals surface area contributed by atoms with E-state index in [2.05, 4.69) is 0 Å². The fourth-order valence-corrected chi connectivity index (χ4v) is 3.80. The summed E-state index contributed by atoms with van der Waals surface area (Å²) in [6, 6.07) is 17.9. The summed E-state index contributed by atoms with van der Waals surface area (Å²) in [4.78, 5) is 25.4. The second kappa shape index (κ2) is 7.90. The molecule has 1 heterocycles. The van der Waals surface area contributed by atoms with Crippen LogP contribution in [0.4, 0.5) is 9.59 Å². The van der Waals surface area contributed by atoms with Gasteiger partial charge in [0.2, 0.25) is 0 Å². The summed E-state index contributed by atoms with van der Waals surface area (Å²) in [5, 5.41) is 12.7. The third kappa shape index (κ3) is 3.66. The van der Waals surface area contributed by atoms with E-state index in [1.54, 1.807) is 0 Å². The highest BCUT2D eigenvalue weighted by Gasteiger charge is 2.55. The number of benzene rings is 2. The number of ether oxygens (including phenoxy) is 2. The monoisotopic (exact) mass is 382 g/mol. The molecule has 3 atom stereocenters. The van der Waals surface area contributed by atoms with Crippen molar-refractivity contribution in [1.82, 2.24) is 10.0 Å². The molecule has 2 amide bonds. The number of hydrazine groups is 1. The molecule has 2 aliphatic rings. The maximum atomic E-state index is 12.7.